The Hall–Kier alpha value is -2.79. The number of ether oxygens (including phenoxy) is 3. The molecule has 0 atom stereocenters. The summed E-state index contributed by atoms with van der Waals surface area (Å²) in [5, 5.41) is 6.57. The van der Waals surface area contributed by atoms with E-state index in [-0.39, 0.29) is 24.0 Å². The molecule has 0 unspecified atom stereocenters. The maximum Gasteiger partial charge on any atom is 0.219 e. The van der Waals surface area contributed by atoms with Crippen LogP contribution in [-0.4, -0.2) is 37.7 Å². The fraction of sp³-hybridized carbons (Fsp3) is 0.333. The Morgan fingerprint density at radius 3 is 2.70 bits per heavy atom. The van der Waals surface area contributed by atoms with Crippen LogP contribution in [0.5, 0.6) is 17.4 Å². The van der Waals surface area contributed by atoms with E-state index in [2.05, 4.69) is 20.6 Å². The number of aliphatic imine (C=N–C) groups is 1. The summed E-state index contributed by atoms with van der Waals surface area (Å²) in [7, 11) is 1.62. The van der Waals surface area contributed by atoms with Gasteiger partial charge in [-0.25, -0.2) is 9.98 Å². The number of pyridine rings is 1. The van der Waals surface area contributed by atoms with Gasteiger partial charge in [-0.2, -0.15) is 0 Å². The third-order valence-corrected chi connectivity index (χ3v) is 4.41. The van der Waals surface area contributed by atoms with Crippen molar-refractivity contribution in [3.8, 4) is 17.4 Å². The topological polar surface area (TPSA) is 90.1 Å². The molecular weight excluding hydrogens is 535 g/mol. The number of hydrogen-bond donors (Lipinski definition) is 2. The van der Waals surface area contributed by atoms with Crippen molar-refractivity contribution in [3.63, 3.8) is 0 Å². The first-order valence-electron chi connectivity index (χ1n) is 10.7. The quantitative estimate of drug-likeness (QED) is 0.142. The van der Waals surface area contributed by atoms with Gasteiger partial charge in [-0.3, -0.25) is 0 Å². The number of nitrogens with zero attached hydrogens (tertiary/aromatic N) is 2. The standard InChI is InChI=1S/C24H30N4O4.HI/c1-3-25-24(26-12-6-13-30-18-22-9-5-14-31-22)28-17-19-10-11-23(27-16-19)32-21-8-4-7-20(15-21)29-2;/h4-5,7-11,14-16H,3,6,12-13,17-18H2,1-2H3,(H2,25,26,28);1H. The summed E-state index contributed by atoms with van der Waals surface area (Å²) in [5.41, 5.74) is 0.988. The largest absolute Gasteiger partial charge is 0.497 e. The number of benzene rings is 1. The molecule has 3 aromatic rings. The lowest BCUT2D eigenvalue weighted by Gasteiger charge is -2.11. The van der Waals surface area contributed by atoms with Gasteiger partial charge in [-0.05, 0) is 43.2 Å². The minimum absolute atomic E-state index is 0. The molecule has 33 heavy (non-hydrogen) atoms. The minimum Gasteiger partial charge on any atom is -0.497 e. The zero-order valence-electron chi connectivity index (χ0n) is 19.0. The van der Waals surface area contributed by atoms with Crippen molar-refractivity contribution in [1.29, 1.82) is 0 Å². The molecule has 3 rings (SSSR count). The van der Waals surface area contributed by atoms with Gasteiger partial charge in [0.2, 0.25) is 5.88 Å². The van der Waals surface area contributed by atoms with Crippen LogP contribution in [0.1, 0.15) is 24.7 Å². The Morgan fingerprint density at radius 1 is 1.09 bits per heavy atom. The Balaban J connectivity index is 0.00000385. The Morgan fingerprint density at radius 2 is 1.97 bits per heavy atom. The first kappa shape index (κ1) is 26.5. The van der Waals surface area contributed by atoms with Gasteiger partial charge in [0.1, 0.15) is 23.9 Å². The number of methoxy groups -OCH3 is 1. The summed E-state index contributed by atoms with van der Waals surface area (Å²) in [6.07, 6.45) is 4.28. The highest BCUT2D eigenvalue weighted by atomic mass is 127. The summed E-state index contributed by atoms with van der Waals surface area (Å²) in [6.45, 7) is 5.23. The number of hydrogen-bond acceptors (Lipinski definition) is 6. The first-order valence-corrected chi connectivity index (χ1v) is 10.7. The van der Waals surface area contributed by atoms with Crippen molar-refractivity contribution in [1.82, 2.24) is 15.6 Å². The Labute approximate surface area is 211 Å². The summed E-state index contributed by atoms with van der Waals surface area (Å²) in [5.74, 6) is 3.53. The third-order valence-electron chi connectivity index (χ3n) is 4.41. The molecular formula is C24H31IN4O4. The van der Waals surface area contributed by atoms with Crippen molar-refractivity contribution in [2.75, 3.05) is 26.8 Å². The molecule has 0 radical (unpaired) electrons. The van der Waals surface area contributed by atoms with Crippen LogP contribution in [0.3, 0.4) is 0 Å². The van der Waals surface area contributed by atoms with Gasteiger partial charge < -0.3 is 29.3 Å². The molecule has 1 aromatic carbocycles. The molecule has 8 nitrogen and oxygen atoms in total. The number of rotatable bonds is 12. The highest BCUT2D eigenvalue weighted by Crippen LogP contribution is 2.23. The van der Waals surface area contributed by atoms with Gasteiger partial charge in [0, 0.05) is 38.0 Å². The normalized spacial score (nSPS) is 10.9. The Bertz CT molecular complexity index is 949. The lowest BCUT2D eigenvalue weighted by atomic mass is 10.3. The predicted molar refractivity (Wildman–Crippen MR) is 139 cm³/mol. The van der Waals surface area contributed by atoms with Gasteiger partial charge in [0.25, 0.3) is 0 Å². The molecule has 0 aliphatic carbocycles. The van der Waals surface area contributed by atoms with Crippen LogP contribution < -0.4 is 20.1 Å². The maximum absolute atomic E-state index is 5.78. The second kappa shape index (κ2) is 15.1. The molecule has 2 aromatic heterocycles. The van der Waals surface area contributed by atoms with E-state index in [1.807, 2.05) is 55.5 Å². The van der Waals surface area contributed by atoms with Crippen LogP contribution in [0.4, 0.5) is 0 Å². The second-order valence-electron chi connectivity index (χ2n) is 6.89. The average molecular weight is 566 g/mol. The smallest absolute Gasteiger partial charge is 0.219 e. The zero-order chi connectivity index (χ0) is 22.4. The van der Waals surface area contributed by atoms with Gasteiger partial charge in [-0.1, -0.05) is 12.1 Å². The molecule has 0 amide bonds. The molecule has 0 bridgehead atoms. The average Bonchev–Trinajstić information content (AvgIpc) is 3.34. The monoisotopic (exact) mass is 566 g/mol. The maximum atomic E-state index is 5.78. The lowest BCUT2D eigenvalue weighted by Crippen LogP contribution is -2.38. The predicted octanol–water partition coefficient (Wildman–Crippen LogP) is 4.76. The van der Waals surface area contributed by atoms with Crippen LogP contribution in [0, 0.1) is 0 Å². The van der Waals surface area contributed by atoms with Crippen LogP contribution in [0.15, 0.2) is 70.4 Å². The molecule has 0 spiro atoms. The first-order chi connectivity index (χ1) is 15.8. The SMILES string of the molecule is CCNC(=NCc1ccc(Oc2cccc(OC)c2)nc1)NCCCOCc1ccco1.I. The van der Waals surface area contributed by atoms with Crippen LogP contribution in [0.25, 0.3) is 0 Å². The summed E-state index contributed by atoms with van der Waals surface area (Å²) in [4.78, 5) is 8.99. The van der Waals surface area contributed by atoms with E-state index in [1.165, 1.54) is 0 Å². The van der Waals surface area contributed by atoms with Crippen molar-refractivity contribution in [2.45, 2.75) is 26.5 Å². The molecule has 0 aliphatic heterocycles. The van der Waals surface area contributed by atoms with Gasteiger partial charge >= 0.3 is 0 Å². The lowest BCUT2D eigenvalue weighted by molar-refractivity contribution is 0.105. The van der Waals surface area contributed by atoms with Crippen LogP contribution in [-0.2, 0) is 17.9 Å². The third kappa shape index (κ3) is 9.70. The molecule has 0 saturated carbocycles. The van der Waals surface area contributed by atoms with Gasteiger partial charge in [0.15, 0.2) is 5.96 Å². The number of aromatic nitrogens is 1. The van der Waals surface area contributed by atoms with Crippen LogP contribution >= 0.6 is 24.0 Å². The van der Waals surface area contributed by atoms with Gasteiger partial charge in [0.05, 0.1) is 19.9 Å². The van der Waals surface area contributed by atoms with Crippen molar-refractivity contribution < 1.29 is 18.6 Å². The second-order valence-corrected chi connectivity index (χ2v) is 6.89. The minimum atomic E-state index is 0. The number of nitrogens with one attached hydrogen (secondary N) is 2. The molecule has 0 saturated heterocycles. The number of guanidine groups is 1. The van der Waals surface area contributed by atoms with E-state index in [9.17, 15) is 0 Å². The van der Waals surface area contributed by atoms with E-state index >= 15 is 0 Å². The van der Waals surface area contributed by atoms with E-state index in [1.54, 1.807) is 19.6 Å². The van der Waals surface area contributed by atoms with E-state index < -0.39 is 0 Å². The van der Waals surface area contributed by atoms with Gasteiger partial charge in [-0.15, -0.1) is 24.0 Å². The molecule has 0 fully saturated rings. The number of halogens is 1. The van der Waals surface area contributed by atoms with Crippen molar-refractivity contribution in [2.24, 2.45) is 4.99 Å². The highest BCUT2D eigenvalue weighted by molar-refractivity contribution is 14.0. The molecule has 2 heterocycles. The number of furan rings is 1. The molecule has 2 N–H and O–H groups in total. The highest BCUT2D eigenvalue weighted by Gasteiger charge is 2.02. The fourth-order valence-electron chi connectivity index (χ4n) is 2.81. The van der Waals surface area contributed by atoms with Crippen molar-refractivity contribution in [3.05, 3.63) is 72.3 Å². The summed E-state index contributed by atoms with van der Waals surface area (Å²) < 4.78 is 21.8. The van der Waals surface area contributed by atoms with Crippen molar-refractivity contribution >= 4 is 29.9 Å². The summed E-state index contributed by atoms with van der Waals surface area (Å²) >= 11 is 0. The zero-order valence-corrected chi connectivity index (χ0v) is 21.3. The molecule has 0 aliphatic rings. The van der Waals surface area contributed by atoms with E-state index in [4.69, 9.17) is 18.6 Å². The van der Waals surface area contributed by atoms with Crippen LogP contribution in [0.2, 0.25) is 0 Å². The molecule has 9 heteroatoms. The fourth-order valence-corrected chi connectivity index (χ4v) is 2.81. The summed E-state index contributed by atoms with van der Waals surface area (Å²) in [6, 6.07) is 15.0. The molecule has 178 valence electrons. The van der Waals surface area contributed by atoms with E-state index in [0.29, 0.717) is 31.4 Å². The van der Waals surface area contributed by atoms with E-state index in [0.717, 1.165) is 42.5 Å². The Kier molecular flexibility index (Phi) is 12.1.